The molecule has 2 rings (SSSR count). The third kappa shape index (κ3) is 1.97. The van der Waals surface area contributed by atoms with Crippen molar-refractivity contribution in [3.63, 3.8) is 0 Å². The summed E-state index contributed by atoms with van der Waals surface area (Å²) in [6.45, 7) is 0. The zero-order chi connectivity index (χ0) is 11.4. The number of benzene rings is 1. The van der Waals surface area contributed by atoms with Crippen molar-refractivity contribution in [1.82, 2.24) is 4.98 Å². The van der Waals surface area contributed by atoms with E-state index < -0.39 is 6.10 Å². The maximum absolute atomic E-state index is 10.6. The fourth-order valence-corrected chi connectivity index (χ4v) is 1.53. The van der Waals surface area contributed by atoms with Crippen molar-refractivity contribution in [2.24, 2.45) is 5.18 Å². The van der Waals surface area contributed by atoms with Crippen molar-refractivity contribution >= 4 is 5.69 Å². The Morgan fingerprint density at radius 3 is 2.50 bits per heavy atom. The molecule has 0 spiro atoms. The third-order valence-electron chi connectivity index (χ3n) is 2.35. The van der Waals surface area contributed by atoms with E-state index in [9.17, 15) is 10.0 Å². The molecule has 0 saturated carbocycles. The van der Waals surface area contributed by atoms with E-state index in [1.54, 1.807) is 48.8 Å². The molecule has 1 heterocycles. The Balaban J connectivity index is 2.41. The van der Waals surface area contributed by atoms with Gasteiger partial charge in [-0.05, 0) is 28.9 Å². The summed E-state index contributed by atoms with van der Waals surface area (Å²) in [7, 11) is 0. The minimum Gasteiger partial charge on any atom is -0.384 e. The first-order valence-corrected chi connectivity index (χ1v) is 4.83. The maximum atomic E-state index is 10.6. The molecule has 1 atom stereocenters. The molecule has 1 aromatic carbocycles. The van der Waals surface area contributed by atoms with E-state index >= 15 is 0 Å². The summed E-state index contributed by atoms with van der Waals surface area (Å²) in [5.41, 5.74) is 1.45. The van der Waals surface area contributed by atoms with Gasteiger partial charge in [0.05, 0.1) is 0 Å². The summed E-state index contributed by atoms with van der Waals surface area (Å²) in [5, 5.41) is 13.0. The summed E-state index contributed by atoms with van der Waals surface area (Å²) >= 11 is 0. The van der Waals surface area contributed by atoms with Gasteiger partial charge < -0.3 is 5.11 Å². The van der Waals surface area contributed by atoms with Crippen LogP contribution in [0.25, 0.3) is 0 Å². The maximum Gasteiger partial charge on any atom is 0.114 e. The number of rotatable bonds is 3. The minimum atomic E-state index is -0.850. The molecule has 0 bridgehead atoms. The molecule has 1 aromatic heterocycles. The van der Waals surface area contributed by atoms with Gasteiger partial charge in [-0.3, -0.25) is 4.98 Å². The number of nitroso groups, excluding NO2 is 1. The second-order valence-electron chi connectivity index (χ2n) is 3.33. The molecule has 0 aliphatic rings. The Labute approximate surface area is 92.6 Å². The van der Waals surface area contributed by atoms with Crippen molar-refractivity contribution in [2.75, 3.05) is 0 Å². The molecule has 4 nitrogen and oxygen atoms in total. The van der Waals surface area contributed by atoms with Gasteiger partial charge in [0, 0.05) is 18.0 Å². The molecule has 0 amide bonds. The van der Waals surface area contributed by atoms with E-state index in [1.165, 1.54) is 0 Å². The van der Waals surface area contributed by atoms with Gasteiger partial charge in [-0.1, -0.05) is 18.2 Å². The lowest BCUT2D eigenvalue weighted by molar-refractivity contribution is 0.221. The largest absolute Gasteiger partial charge is 0.384 e. The zero-order valence-corrected chi connectivity index (χ0v) is 8.45. The fraction of sp³-hybridized carbons (Fsp3) is 0.0833. The van der Waals surface area contributed by atoms with Crippen molar-refractivity contribution in [2.45, 2.75) is 6.10 Å². The highest BCUT2D eigenvalue weighted by Gasteiger charge is 2.14. The summed E-state index contributed by atoms with van der Waals surface area (Å²) < 4.78 is 0. The SMILES string of the molecule is O=Nc1ccccc1C(O)c1ccncc1. The van der Waals surface area contributed by atoms with Gasteiger partial charge in [-0.2, -0.15) is 0 Å². The van der Waals surface area contributed by atoms with Crippen LogP contribution in [0.1, 0.15) is 17.2 Å². The van der Waals surface area contributed by atoms with Crippen molar-refractivity contribution < 1.29 is 5.11 Å². The molecular weight excluding hydrogens is 204 g/mol. The Hall–Kier alpha value is -2.07. The molecule has 0 fully saturated rings. The van der Waals surface area contributed by atoms with Crippen molar-refractivity contribution in [3.05, 3.63) is 64.8 Å². The summed E-state index contributed by atoms with van der Waals surface area (Å²) in [6, 6.07) is 10.1. The van der Waals surface area contributed by atoms with Gasteiger partial charge in [0.2, 0.25) is 0 Å². The van der Waals surface area contributed by atoms with Crippen LogP contribution < -0.4 is 0 Å². The van der Waals surface area contributed by atoms with E-state index in [4.69, 9.17) is 0 Å². The Morgan fingerprint density at radius 2 is 1.81 bits per heavy atom. The fourth-order valence-electron chi connectivity index (χ4n) is 1.53. The van der Waals surface area contributed by atoms with Gasteiger partial charge >= 0.3 is 0 Å². The molecule has 2 aromatic rings. The number of aliphatic hydroxyl groups is 1. The highest BCUT2D eigenvalue weighted by molar-refractivity contribution is 5.49. The van der Waals surface area contributed by atoms with E-state index in [-0.39, 0.29) is 5.69 Å². The predicted molar refractivity (Wildman–Crippen MR) is 60.2 cm³/mol. The zero-order valence-electron chi connectivity index (χ0n) is 8.45. The molecule has 0 radical (unpaired) electrons. The van der Waals surface area contributed by atoms with Crippen LogP contribution >= 0.6 is 0 Å². The Bertz CT molecular complexity index is 485. The summed E-state index contributed by atoms with van der Waals surface area (Å²) in [4.78, 5) is 14.5. The highest BCUT2D eigenvalue weighted by Crippen LogP contribution is 2.29. The highest BCUT2D eigenvalue weighted by atomic mass is 16.3. The minimum absolute atomic E-state index is 0.256. The summed E-state index contributed by atoms with van der Waals surface area (Å²) in [6.07, 6.45) is 2.34. The molecule has 0 aliphatic carbocycles. The number of hydrogen-bond donors (Lipinski definition) is 1. The van der Waals surface area contributed by atoms with Crippen molar-refractivity contribution in [3.8, 4) is 0 Å². The third-order valence-corrected chi connectivity index (χ3v) is 2.35. The van der Waals surface area contributed by atoms with Crippen LogP contribution in [-0.4, -0.2) is 10.1 Å². The number of pyridine rings is 1. The molecule has 16 heavy (non-hydrogen) atoms. The van der Waals surface area contributed by atoms with Crippen LogP contribution in [0.5, 0.6) is 0 Å². The normalized spacial score (nSPS) is 12.1. The lowest BCUT2D eigenvalue weighted by Crippen LogP contribution is -1.99. The predicted octanol–water partition coefficient (Wildman–Crippen LogP) is 2.56. The quantitative estimate of drug-likeness (QED) is 0.798. The standard InChI is InChI=1S/C12H10N2O2/c15-12(9-5-7-13-8-6-9)10-3-1-2-4-11(10)14-16/h1-8,12,15H. The topological polar surface area (TPSA) is 62.5 Å². The Kier molecular flexibility index (Phi) is 3.03. The van der Waals surface area contributed by atoms with Crippen LogP contribution in [0, 0.1) is 4.91 Å². The van der Waals surface area contributed by atoms with Gasteiger partial charge in [-0.15, -0.1) is 4.91 Å². The summed E-state index contributed by atoms with van der Waals surface area (Å²) in [5.74, 6) is 0. The first kappa shape index (κ1) is 10.4. The number of aliphatic hydroxyl groups excluding tert-OH is 1. The average molecular weight is 214 g/mol. The van der Waals surface area contributed by atoms with Gasteiger partial charge in [0.15, 0.2) is 0 Å². The molecule has 4 heteroatoms. The lowest BCUT2D eigenvalue weighted by Gasteiger charge is -2.11. The van der Waals surface area contributed by atoms with E-state index in [2.05, 4.69) is 10.2 Å². The van der Waals surface area contributed by atoms with Gasteiger partial charge in [0.25, 0.3) is 0 Å². The van der Waals surface area contributed by atoms with Gasteiger partial charge in [0.1, 0.15) is 11.8 Å². The molecule has 0 saturated heterocycles. The lowest BCUT2D eigenvalue weighted by atomic mass is 10.0. The van der Waals surface area contributed by atoms with Crippen LogP contribution in [0.2, 0.25) is 0 Å². The molecular formula is C12H10N2O2. The molecule has 1 unspecified atom stereocenters. The van der Waals surface area contributed by atoms with Gasteiger partial charge in [-0.25, -0.2) is 0 Å². The second kappa shape index (κ2) is 4.63. The molecule has 0 aliphatic heterocycles. The number of nitrogens with zero attached hydrogens (tertiary/aromatic N) is 2. The Morgan fingerprint density at radius 1 is 1.12 bits per heavy atom. The average Bonchev–Trinajstić information content (AvgIpc) is 2.39. The van der Waals surface area contributed by atoms with E-state index in [0.29, 0.717) is 11.1 Å². The second-order valence-corrected chi connectivity index (χ2v) is 3.33. The monoisotopic (exact) mass is 214 g/mol. The first-order chi connectivity index (χ1) is 7.83. The molecule has 80 valence electrons. The number of aromatic nitrogens is 1. The van der Waals surface area contributed by atoms with Crippen LogP contribution in [0.15, 0.2) is 54.0 Å². The van der Waals surface area contributed by atoms with Crippen LogP contribution in [-0.2, 0) is 0 Å². The number of hydrogen-bond acceptors (Lipinski definition) is 4. The van der Waals surface area contributed by atoms with Crippen LogP contribution in [0.4, 0.5) is 5.69 Å². The van der Waals surface area contributed by atoms with E-state index in [1.807, 2.05) is 0 Å². The van der Waals surface area contributed by atoms with Crippen LogP contribution in [0.3, 0.4) is 0 Å². The first-order valence-electron chi connectivity index (χ1n) is 4.83. The smallest absolute Gasteiger partial charge is 0.114 e. The molecule has 1 N–H and O–H groups in total. The van der Waals surface area contributed by atoms with Crippen molar-refractivity contribution in [1.29, 1.82) is 0 Å². The van der Waals surface area contributed by atoms with E-state index in [0.717, 1.165) is 0 Å².